The van der Waals surface area contributed by atoms with Crippen molar-refractivity contribution in [2.45, 2.75) is 19.9 Å². The first-order chi connectivity index (χ1) is 10.9. The molecular weight excluding hydrogens is 300 g/mol. The molecule has 122 valence electrons. The molecule has 1 amide bonds. The third-order valence-electron chi connectivity index (χ3n) is 4.23. The molecular formula is C14H18N6O3. The van der Waals surface area contributed by atoms with Crippen molar-refractivity contribution in [3.8, 4) is 0 Å². The Labute approximate surface area is 131 Å². The van der Waals surface area contributed by atoms with Gasteiger partial charge in [-0.25, -0.2) is 4.79 Å². The maximum absolute atomic E-state index is 12.3. The highest BCUT2D eigenvalue weighted by atomic mass is 16.2. The molecule has 3 rings (SSSR count). The third kappa shape index (κ3) is 2.58. The van der Waals surface area contributed by atoms with Gasteiger partial charge < -0.3 is 9.88 Å². The Morgan fingerprint density at radius 3 is 2.74 bits per heavy atom. The second-order valence-corrected chi connectivity index (χ2v) is 5.82. The molecule has 1 N–H and O–H groups in total. The quantitative estimate of drug-likeness (QED) is 0.748. The van der Waals surface area contributed by atoms with Crippen LogP contribution in [0.4, 0.5) is 0 Å². The van der Waals surface area contributed by atoms with Gasteiger partial charge in [-0.3, -0.25) is 18.7 Å². The zero-order valence-electron chi connectivity index (χ0n) is 13.2. The van der Waals surface area contributed by atoms with Crippen molar-refractivity contribution >= 4 is 5.91 Å². The Bertz CT molecular complexity index is 891. The maximum Gasteiger partial charge on any atom is 0.331 e. The van der Waals surface area contributed by atoms with Crippen molar-refractivity contribution in [1.29, 1.82) is 0 Å². The number of fused-ring (bicyclic) bond motifs is 1. The number of carbonyl (C=O) groups is 1. The standard InChI is InChI=1S/C14H18N6O3/c1-8-16-17-11-4-9(7-20(8)11)6-15-13(22)10-5-12(21)19(3)14(23)18(10)2/h5,9H,4,6-7H2,1-3H3,(H,15,22). The minimum Gasteiger partial charge on any atom is -0.350 e. The Morgan fingerprint density at radius 1 is 1.30 bits per heavy atom. The molecule has 2 aromatic rings. The smallest absolute Gasteiger partial charge is 0.331 e. The molecule has 9 heteroatoms. The van der Waals surface area contributed by atoms with Crippen LogP contribution in [0.3, 0.4) is 0 Å². The van der Waals surface area contributed by atoms with Crippen LogP contribution in [-0.2, 0) is 27.1 Å². The fourth-order valence-corrected chi connectivity index (χ4v) is 2.81. The van der Waals surface area contributed by atoms with Gasteiger partial charge in [0.05, 0.1) is 0 Å². The number of rotatable bonds is 3. The van der Waals surface area contributed by atoms with Gasteiger partial charge in [0.25, 0.3) is 11.5 Å². The Kier molecular flexibility index (Phi) is 3.63. The first-order valence-electron chi connectivity index (χ1n) is 7.32. The Hall–Kier alpha value is -2.71. The fraction of sp³-hybridized carbons (Fsp3) is 0.500. The van der Waals surface area contributed by atoms with Gasteiger partial charge in [0.1, 0.15) is 17.3 Å². The fourth-order valence-electron chi connectivity index (χ4n) is 2.81. The van der Waals surface area contributed by atoms with Gasteiger partial charge in [0.2, 0.25) is 0 Å². The van der Waals surface area contributed by atoms with Crippen molar-refractivity contribution in [3.05, 3.63) is 44.2 Å². The molecule has 2 aromatic heterocycles. The van der Waals surface area contributed by atoms with Gasteiger partial charge >= 0.3 is 5.69 Å². The number of nitrogens with zero attached hydrogens (tertiary/aromatic N) is 5. The first kappa shape index (κ1) is 15.2. The summed E-state index contributed by atoms with van der Waals surface area (Å²) in [5.41, 5.74) is -0.960. The summed E-state index contributed by atoms with van der Waals surface area (Å²) in [5, 5.41) is 10.9. The van der Waals surface area contributed by atoms with Gasteiger partial charge in [0, 0.05) is 45.6 Å². The van der Waals surface area contributed by atoms with Crippen molar-refractivity contribution in [1.82, 2.24) is 29.2 Å². The van der Waals surface area contributed by atoms with E-state index < -0.39 is 17.2 Å². The van der Waals surface area contributed by atoms with Gasteiger partial charge in [-0.2, -0.15) is 0 Å². The number of hydrogen-bond acceptors (Lipinski definition) is 5. The number of hydrogen-bond donors (Lipinski definition) is 1. The van der Waals surface area contributed by atoms with E-state index in [1.54, 1.807) is 0 Å². The molecule has 9 nitrogen and oxygen atoms in total. The SMILES string of the molecule is Cc1nnc2n1CC(CNC(=O)c1cc(=O)n(C)c(=O)n1C)C2. The lowest BCUT2D eigenvalue weighted by Gasteiger charge is -2.13. The van der Waals surface area contributed by atoms with Crippen molar-refractivity contribution in [2.24, 2.45) is 20.0 Å². The molecule has 3 heterocycles. The van der Waals surface area contributed by atoms with Gasteiger partial charge in [0.15, 0.2) is 0 Å². The van der Waals surface area contributed by atoms with Gasteiger partial charge in [-0.15, -0.1) is 10.2 Å². The molecule has 0 spiro atoms. The summed E-state index contributed by atoms with van der Waals surface area (Å²) in [7, 11) is 2.85. The van der Waals surface area contributed by atoms with Crippen LogP contribution in [0, 0.1) is 12.8 Å². The van der Waals surface area contributed by atoms with E-state index in [1.165, 1.54) is 24.7 Å². The predicted octanol–water partition coefficient (Wildman–Crippen LogP) is -1.41. The normalized spacial score (nSPS) is 16.4. The zero-order valence-corrected chi connectivity index (χ0v) is 13.2. The summed E-state index contributed by atoms with van der Waals surface area (Å²) in [4.78, 5) is 35.8. The minimum absolute atomic E-state index is 0.0617. The van der Waals surface area contributed by atoms with Gasteiger partial charge in [-0.1, -0.05) is 0 Å². The molecule has 1 unspecified atom stereocenters. The predicted molar refractivity (Wildman–Crippen MR) is 81.2 cm³/mol. The number of aryl methyl sites for hydroxylation is 1. The lowest BCUT2D eigenvalue weighted by molar-refractivity contribution is 0.0936. The van der Waals surface area contributed by atoms with Crippen LogP contribution >= 0.6 is 0 Å². The zero-order chi connectivity index (χ0) is 16.7. The first-order valence-corrected chi connectivity index (χ1v) is 7.32. The van der Waals surface area contributed by atoms with Crippen LogP contribution in [0.2, 0.25) is 0 Å². The summed E-state index contributed by atoms with van der Waals surface area (Å²) in [5.74, 6) is 1.58. The average Bonchev–Trinajstić information content (AvgIpc) is 3.08. The second kappa shape index (κ2) is 5.49. The van der Waals surface area contributed by atoms with E-state index in [2.05, 4.69) is 15.5 Å². The molecule has 0 bridgehead atoms. The van der Waals surface area contributed by atoms with E-state index >= 15 is 0 Å². The van der Waals surface area contributed by atoms with Crippen LogP contribution in [0.25, 0.3) is 0 Å². The molecule has 23 heavy (non-hydrogen) atoms. The molecule has 0 saturated heterocycles. The summed E-state index contributed by atoms with van der Waals surface area (Å²) >= 11 is 0. The van der Waals surface area contributed by atoms with Crippen molar-refractivity contribution < 1.29 is 4.79 Å². The summed E-state index contributed by atoms with van der Waals surface area (Å²) < 4.78 is 4.16. The largest absolute Gasteiger partial charge is 0.350 e. The monoisotopic (exact) mass is 318 g/mol. The molecule has 0 fully saturated rings. The summed E-state index contributed by atoms with van der Waals surface area (Å²) in [6, 6.07) is 1.17. The van der Waals surface area contributed by atoms with E-state index in [9.17, 15) is 14.4 Å². The van der Waals surface area contributed by atoms with E-state index in [1.807, 2.05) is 11.5 Å². The van der Waals surface area contributed by atoms with Crippen LogP contribution in [-0.4, -0.2) is 36.4 Å². The highest BCUT2D eigenvalue weighted by Crippen LogP contribution is 2.19. The molecule has 0 aliphatic carbocycles. The minimum atomic E-state index is -0.523. The van der Waals surface area contributed by atoms with Gasteiger partial charge in [-0.05, 0) is 6.92 Å². The van der Waals surface area contributed by atoms with E-state index in [0.29, 0.717) is 6.54 Å². The molecule has 1 aliphatic heterocycles. The van der Waals surface area contributed by atoms with E-state index in [0.717, 1.165) is 29.2 Å². The van der Waals surface area contributed by atoms with Crippen molar-refractivity contribution in [2.75, 3.05) is 6.54 Å². The highest BCUT2D eigenvalue weighted by Gasteiger charge is 2.25. The van der Waals surface area contributed by atoms with Crippen LogP contribution in [0.15, 0.2) is 15.7 Å². The van der Waals surface area contributed by atoms with E-state index in [-0.39, 0.29) is 11.6 Å². The molecule has 0 aromatic carbocycles. The van der Waals surface area contributed by atoms with Crippen molar-refractivity contribution in [3.63, 3.8) is 0 Å². The summed E-state index contributed by atoms with van der Waals surface area (Å²) in [6.07, 6.45) is 0.747. The number of aromatic nitrogens is 5. The van der Waals surface area contributed by atoms with Crippen LogP contribution < -0.4 is 16.6 Å². The third-order valence-corrected chi connectivity index (χ3v) is 4.23. The summed E-state index contributed by atoms with van der Waals surface area (Å²) in [6.45, 7) is 3.10. The molecule has 1 atom stereocenters. The van der Waals surface area contributed by atoms with E-state index in [4.69, 9.17) is 0 Å². The average molecular weight is 318 g/mol. The lowest BCUT2D eigenvalue weighted by Crippen LogP contribution is -2.42. The molecule has 0 saturated carbocycles. The maximum atomic E-state index is 12.3. The highest BCUT2D eigenvalue weighted by molar-refractivity contribution is 5.92. The molecule has 0 radical (unpaired) electrons. The lowest BCUT2D eigenvalue weighted by atomic mass is 10.1. The Balaban J connectivity index is 1.70. The van der Waals surface area contributed by atoms with Crippen LogP contribution in [0.5, 0.6) is 0 Å². The topological polar surface area (TPSA) is 104 Å². The van der Waals surface area contributed by atoms with Crippen LogP contribution in [0.1, 0.15) is 22.1 Å². The number of carbonyl (C=O) groups excluding carboxylic acids is 1. The number of amides is 1. The Morgan fingerprint density at radius 2 is 2.04 bits per heavy atom. The number of nitrogens with one attached hydrogen (secondary N) is 1. The molecule has 1 aliphatic rings. The second-order valence-electron chi connectivity index (χ2n) is 5.82.